The molecule has 0 radical (unpaired) electrons. The van der Waals surface area contributed by atoms with Gasteiger partial charge in [0.25, 0.3) is 5.91 Å². The Morgan fingerprint density at radius 3 is 2.96 bits per heavy atom. The third-order valence-electron chi connectivity index (χ3n) is 4.06. The van der Waals surface area contributed by atoms with Crippen molar-refractivity contribution >= 4 is 23.2 Å². The van der Waals surface area contributed by atoms with Gasteiger partial charge in [0, 0.05) is 19.2 Å². The zero-order valence-electron chi connectivity index (χ0n) is 14.2. The molecule has 1 aromatic carbocycles. The third-order valence-corrected chi connectivity index (χ3v) is 4.38. The highest BCUT2D eigenvalue weighted by molar-refractivity contribution is 6.33. The molecule has 3 heterocycles. The molecule has 0 unspecified atom stereocenters. The van der Waals surface area contributed by atoms with E-state index in [0.717, 1.165) is 17.9 Å². The quantitative estimate of drug-likeness (QED) is 0.509. The van der Waals surface area contributed by atoms with Crippen LogP contribution < -0.4 is 5.32 Å². The smallest absolute Gasteiger partial charge is 0.252 e. The van der Waals surface area contributed by atoms with Gasteiger partial charge < -0.3 is 5.32 Å². The summed E-state index contributed by atoms with van der Waals surface area (Å²) in [4.78, 5) is 12.5. The molecule has 0 fully saturated rings. The number of aromatic nitrogens is 7. The molecule has 0 aliphatic carbocycles. The maximum Gasteiger partial charge on any atom is 0.252 e. The molecule has 3 aromatic heterocycles. The van der Waals surface area contributed by atoms with Crippen molar-refractivity contribution < 1.29 is 4.79 Å². The highest BCUT2D eigenvalue weighted by Gasteiger charge is 2.12. The fraction of sp³-hybridized carbons (Fsp3) is 0.176. The van der Waals surface area contributed by atoms with Gasteiger partial charge in [-0.05, 0) is 47.2 Å². The predicted octanol–water partition coefficient (Wildman–Crippen LogP) is 1.72. The standard InChI is InChI=1S/C17H15ClN8O/c18-14-7-6-12(26-11-20-23-24-26)10-13(14)17(27)19-8-3-5-16-22-21-15-4-1-2-9-25(15)16/h1-2,4,6-7,9-11H,3,5,8H2,(H,19,27). The summed E-state index contributed by atoms with van der Waals surface area (Å²) < 4.78 is 3.40. The van der Waals surface area contributed by atoms with Crippen molar-refractivity contribution in [1.29, 1.82) is 0 Å². The second kappa shape index (κ2) is 7.50. The second-order valence-electron chi connectivity index (χ2n) is 5.82. The van der Waals surface area contributed by atoms with Gasteiger partial charge in [0.1, 0.15) is 12.2 Å². The van der Waals surface area contributed by atoms with Crippen molar-refractivity contribution in [3.8, 4) is 5.69 Å². The highest BCUT2D eigenvalue weighted by atomic mass is 35.5. The van der Waals surface area contributed by atoms with E-state index in [-0.39, 0.29) is 5.91 Å². The van der Waals surface area contributed by atoms with Gasteiger partial charge in [0.05, 0.1) is 16.3 Å². The molecular weight excluding hydrogens is 368 g/mol. The summed E-state index contributed by atoms with van der Waals surface area (Å²) in [5, 5.41) is 22.5. The summed E-state index contributed by atoms with van der Waals surface area (Å²) in [6.45, 7) is 0.492. The minimum atomic E-state index is -0.249. The summed E-state index contributed by atoms with van der Waals surface area (Å²) in [7, 11) is 0. The molecular formula is C17H15ClN8O. The van der Waals surface area contributed by atoms with E-state index in [9.17, 15) is 4.79 Å². The molecule has 9 nitrogen and oxygen atoms in total. The molecule has 10 heteroatoms. The van der Waals surface area contributed by atoms with E-state index in [1.54, 1.807) is 18.2 Å². The van der Waals surface area contributed by atoms with Gasteiger partial charge in [-0.25, -0.2) is 4.68 Å². The molecule has 136 valence electrons. The Balaban J connectivity index is 1.37. The van der Waals surface area contributed by atoms with Crippen LogP contribution in [0.4, 0.5) is 0 Å². The number of rotatable bonds is 6. The van der Waals surface area contributed by atoms with Crippen molar-refractivity contribution in [2.24, 2.45) is 0 Å². The predicted molar refractivity (Wildman–Crippen MR) is 97.8 cm³/mol. The van der Waals surface area contributed by atoms with Crippen LogP contribution in [0.3, 0.4) is 0 Å². The van der Waals surface area contributed by atoms with Crippen molar-refractivity contribution in [3.63, 3.8) is 0 Å². The summed E-state index contributed by atoms with van der Waals surface area (Å²) in [6.07, 6.45) is 4.80. The number of carbonyl (C=O) groups excluding carboxylic acids is 1. The Kier molecular flexibility index (Phi) is 4.75. The summed E-state index contributed by atoms with van der Waals surface area (Å²) in [5.41, 5.74) is 1.84. The number of hydrogen-bond acceptors (Lipinski definition) is 6. The molecule has 4 aromatic rings. The van der Waals surface area contributed by atoms with Crippen molar-refractivity contribution in [2.45, 2.75) is 12.8 Å². The number of halogens is 1. The number of fused-ring (bicyclic) bond motifs is 1. The maximum atomic E-state index is 12.5. The zero-order valence-corrected chi connectivity index (χ0v) is 14.9. The fourth-order valence-corrected chi connectivity index (χ4v) is 2.92. The number of pyridine rings is 1. The van der Waals surface area contributed by atoms with Crippen LogP contribution in [0.2, 0.25) is 5.02 Å². The van der Waals surface area contributed by atoms with Gasteiger partial charge in [-0.3, -0.25) is 9.20 Å². The topological polar surface area (TPSA) is 103 Å². The van der Waals surface area contributed by atoms with Gasteiger partial charge >= 0.3 is 0 Å². The Morgan fingerprint density at radius 2 is 2.11 bits per heavy atom. The first-order valence-electron chi connectivity index (χ1n) is 8.32. The van der Waals surface area contributed by atoms with Crippen LogP contribution in [0, 0.1) is 0 Å². The normalized spacial score (nSPS) is 11.0. The number of aryl methyl sites for hydroxylation is 1. The SMILES string of the molecule is O=C(NCCCc1nnc2ccccn12)c1cc(-n2cnnn2)ccc1Cl. The van der Waals surface area contributed by atoms with Crippen LogP contribution in [-0.2, 0) is 6.42 Å². The number of hydrogen-bond donors (Lipinski definition) is 1. The Morgan fingerprint density at radius 1 is 1.19 bits per heavy atom. The van der Waals surface area contributed by atoms with Crippen molar-refractivity contribution in [3.05, 3.63) is 65.3 Å². The van der Waals surface area contributed by atoms with E-state index in [1.165, 1.54) is 11.0 Å². The zero-order chi connectivity index (χ0) is 18.6. The van der Waals surface area contributed by atoms with Crippen LogP contribution in [0.5, 0.6) is 0 Å². The van der Waals surface area contributed by atoms with Crippen LogP contribution >= 0.6 is 11.6 Å². The summed E-state index contributed by atoms with van der Waals surface area (Å²) in [5.74, 6) is 0.611. The lowest BCUT2D eigenvalue weighted by atomic mass is 10.2. The maximum absolute atomic E-state index is 12.5. The van der Waals surface area contributed by atoms with Crippen LogP contribution in [0.15, 0.2) is 48.9 Å². The molecule has 0 atom stereocenters. The minimum Gasteiger partial charge on any atom is -0.352 e. The Hall–Kier alpha value is -3.33. The van der Waals surface area contributed by atoms with Gasteiger partial charge in [0.2, 0.25) is 0 Å². The minimum absolute atomic E-state index is 0.249. The molecule has 27 heavy (non-hydrogen) atoms. The van der Waals surface area contributed by atoms with E-state index in [2.05, 4.69) is 31.0 Å². The molecule has 4 rings (SSSR count). The van der Waals surface area contributed by atoms with Gasteiger partial charge in [-0.15, -0.1) is 15.3 Å². The van der Waals surface area contributed by atoms with E-state index in [0.29, 0.717) is 29.2 Å². The summed E-state index contributed by atoms with van der Waals surface area (Å²) in [6, 6.07) is 10.8. The van der Waals surface area contributed by atoms with E-state index in [4.69, 9.17) is 11.6 Å². The van der Waals surface area contributed by atoms with E-state index < -0.39 is 0 Å². The number of nitrogens with one attached hydrogen (secondary N) is 1. The largest absolute Gasteiger partial charge is 0.352 e. The molecule has 0 bridgehead atoms. The van der Waals surface area contributed by atoms with Crippen molar-refractivity contribution in [1.82, 2.24) is 40.1 Å². The van der Waals surface area contributed by atoms with Crippen molar-refractivity contribution in [2.75, 3.05) is 6.54 Å². The molecule has 1 N–H and O–H groups in total. The monoisotopic (exact) mass is 382 g/mol. The molecule has 0 aliphatic rings. The second-order valence-corrected chi connectivity index (χ2v) is 6.23. The lowest BCUT2D eigenvalue weighted by Gasteiger charge is -2.08. The molecule has 1 amide bonds. The number of amides is 1. The van der Waals surface area contributed by atoms with Gasteiger partial charge in [-0.2, -0.15) is 0 Å². The average molecular weight is 383 g/mol. The van der Waals surface area contributed by atoms with Crippen LogP contribution in [-0.4, -0.2) is 47.3 Å². The lowest BCUT2D eigenvalue weighted by Crippen LogP contribution is -2.25. The number of benzene rings is 1. The van der Waals surface area contributed by atoms with E-state index >= 15 is 0 Å². The lowest BCUT2D eigenvalue weighted by molar-refractivity contribution is 0.0953. The van der Waals surface area contributed by atoms with Crippen LogP contribution in [0.1, 0.15) is 22.6 Å². The number of carbonyl (C=O) groups is 1. The number of tetrazole rings is 1. The van der Waals surface area contributed by atoms with Gasteiger partial charge in [0.15, 0.2) is 5.65 Å². The first-order valence-corrected chi connectivity index (χ1v) is 8.70. The third kappa shape index (κ3) is 3.63. The molecule has 0 saturated heterocycles. The molecule has 0 aliphatic heterocycles. The fourth-order valence-electron chi connectivity index (χ4n) is 2.71. The first-order chi connectivity index (χ1) is 13.2. The first kappa shape index (κ1) is 17.1. The Bertz CT molecular complexity index is 1080. The molecule has 0 spiro atoms. The van der Waals surface area contributed by atoms with E-state index in [1.807, 2.05) is 28.8 Å². The van der Waals surface area contributed by atoms with Crippen LogP contribution in [0.25, 0.3) is 11.3 Å². The summed E-state index contributed by atoms with van der Waals surface area (Å²) >= 11 is 6.17. The average Bonchev–Trinajstić information content (AvgIpc) is 3.36. The van der Waals surface area contributed by atoms with Gasteiger partial charge in [-0.1, -0.05) is 17.7 Å². The number of nitrogens with zero attached hydrogens (tertiary/aromatic N) is 7. The molecule has 0 saturated carbocycles. The Labute approximate surface area is 159 Å². The highest BCUT2D eigenvalue weighted by Crippen LogP contribution is 2.19.